The number of thioether (sulfide) groups is 1. The molecule has 0 bridgehead atoms. The third-order valence-electron chi connectivity index (χ3n) is 4.01. The molecule has 2 aromatic carbocycles. The molecule has 0 spiro atoms. The van der Waals surface area contributed by atoms with Crippen molar-refractivity contribution in [2.45, 2.75) is 17.7 Å². The van der Waals surface area contributed by atoms with E-state index in [1.54, 1.807) is 23.1 Å². The molecule has 2 amide bonds. The van der Waals surface area contributed by atoms with E-state index in [1.165, 1.54) is 11.8 Å². The van der Waals surface area contributed by atoms with Crippen molar-refractivity contribution in [1.82, 2.24) is 0 Å². The average Bonchev–Trinajstić information content (AvgIpc) is 3.12. The Kier molecular flexibility index (Phi) is 6.49. The quantitative estimate of drug-likeness (QED) is 0.586. The third kappa shape index (κ3) is 5.34. The Balaban J connectivity index is 1.49. The Morgan fingerprint density at radius 2 is 1.81 bits per heavy atom. The fraction of sp³-hybridized carbons (Fsp3) is 0.250. The fourth-order valence-corrected chi connectivity index (χ4v) is 3.47. The van der Waals surface area contributed by atoms with Crippen LogP contribution in [0.2, 0.25) is 0 Å². The molecule has 1 aliphatic heterocycles. The molecule has 1 saturated heterocycles. The standard InChI is InChI=1S/C20H20N2O4S/c23-18(13-26-20(25)14-27-15-7-2-1-3-8-15)21-16-9-4-5-10-17(16)22-12-6-11-19(22)24/h1-5,7-10H,6,11-14H2,(H,21,23). The monoisotopic (exact) mass is 384 g/mol. The zero-order chi connectivity index (χ0) is 19.1. The first-order chi connectivity index (χ1) is 13.1. The first kappa shape index (κ1) is 19.0. The van der Waals surface area contributed by atoms with Crippen molar-refractivity contribution in [3.8, 4) is 0 Å². The average molecular weight is 384 g/mol. The van der Waals surface area contributed by atoms with Gasteiger partial charge >= 0.3 is 5.97 Å². The Bertz CT molecular complexity index is 826. The molecule has 140 valence electrons. The lowest BCUT2D eigenvalue weighted by molar-refractivity contribution is -0.144. The SMILES string of the molecule is O=C(COC(=O)CSc1ccccc1)Nc1ccccc1N1CCCC1=O. The number of nitrogens with one attached hydrogen (secondary N) is 1. The van der Waals surface area contributed by atoms with Crippen molar-refractivity contribution in [3.63, 3.8) is 0 Å². The molecule has 0 unspecified atom stereocenters. The van der Waals surface area contributed by atoms with Gasteiger partial charge in [-0.05, 0) is 30.7 Å². The normalized spacial score (nSPS) is 13.5. The van der Waals surface area contributed by atoms with Gasteiger partial charge in [-0.15, -0.1) is 11.8 Å². The van der Waals surface area contributed by atoms with Gasteiger partial charge < -0.3 is 15.0 Å². The molecule has 3 rings (SSSR count). The van der Waals surface area contributed by atoms with Gasteiger partial charge in [0.25, 0.3) is 5.91 Å². The zero-order valence-corrected chi connectivity index (χ0v) is 15.5. The summed E-state index contributed by atoms with van der Waals surface area (Å²) in [6.07, 6.45) is 1.32. The highest BCUT2D eigenvalue weighted by atomic mass is 32.2. The van der Waals surface area contributed by atoms with Crippen molar-refractivity contribution in [1.29, 1.82) is 0 Å². The van der Waals surface area contributed by atoms with Gasteiger partial charge in [-0.2, -0.15) is 0 Å². The van der Waals surface area contributed by atoms with E-state index >= 15 is 0 Å². The molecular formula is C20H20N2O4S. The molecule has 0 saturated carbocycles. The van der Waals surface area contributed by atoms with E-state index < -0.39 is 11.9 Å². The Labute approximate surface area is 161 Å². The predicted molar refractivity (Wildman–Crippen MR) is 105 cm³/mol. The molecule has 1 heterocycles. The van der Waals surface area contributed by atoms with Crippen molar-refractivity contribution >= 4 is 40.9 Å². The second-order valence-electron chi connectivity index (χ2n) is 5.98. The fourth-order valence-electron chi connectivity index (χ4n) is 2.75. The van der Waals surface area contributed by atoms with Crippen LogP contribution in [0.25, 0.3) is 0 Å². The highest BCUT2D eigenvalue weighted by molar-refractivity contribution is 8.00. The van der Waals surface area contributed by atoms with Crippen LogP contribution >= 0.6 is 11.8 Å². The lowest BCUT2D eigenvalue weighted by Crippen LogP contribution is -2.27. The highest BCUT2D eigenvalue weighted by Gasteiger charge is 2.24. The first-order valence-corrected chi connectivity index (χ1v) is 9.65. The van der Waals surface area contributed by atoms with Crippen LogP contribution in [-0.4, -0.2) is 36.7 Å². The van der Waals surface area contributed by atoms with Crippen molar-refractivity contribution in [3.05, 3.63) is 54.6 Å². The lowest BCUT2D eigenvalue weighted by atomic mass is 10.2. The Morgan fingerprint density at radius 3 is 2.56 bits per heavy atom. The predicted octanol–water partition coefficient (Wildman–Crippen LogP) is 3.09. The number of carbonyl (C=O) groups excluding carboxylic acids is 3. The van der Waals surface area contributed by atoms with Crippen LogP contribution in [0.3, 0.4) is 0 Å². The lowest BCUT2D eigenvalue weighted by Gasteiger charge is -2.19. The second kappa shape index (κ2) is 9.23. The number of rotatable bonds is 7. The molecule has 0 aromatic heterocycles. The maximum Gasteiger partial charge on any atom is 0.316 e. The van der Waals surface area contributed by atoms with Gasteiger partial charge in [0.15, 0.2) is 6.61 Å². The number of hydrogen-bond acceptors (Lipinski definition) is 5. The number of ether oxygens (including phenoxy) is 1. The molecule has 7 heteroatoms. The van der Waals surface area contributed by atoms with Crippen LogP contribution in [0, 0.1) is 0 Å². The van der Waals surface area contributed by atoms with Crippen LogP contribution in [-0.2, 0) is 19.1 Å². The summed E-state index contributed by atoms with van der Waals surface area (Å²) in [5, 5.41) is 2.72. The summed E-state index contributed by atoms with van der Waals surface area (Å²) in [4.78, 5) is 38.5. The van der Waals surface area contributed by atoms with Crippen LogP contribution in [0.15, 0.2) is 59.5 Å². The molecular weight excluding hydrogens is 364 g/mol. The minimum absolute atomic E-state index is 0.0427. The van der Waals surface area contributed by atoms with Crippen LogP contribution in [0.5, 0.6) is 0 Å². The van der Waals surface area contributed by atoms with Gasteiger partial charge in [-0.1, -0.05) is 30.3 Å². The molecule has 1 fully saturated rings. The summed E-state index contributed by atoms with van der Waals surface area (Å²) in [7, 11) is 0. The van der Waals surface area contributed by atoms with Crippen molar-refractivity contribution in [2.24, 2.45) is 0 Å². The Morgan fingerprint density at radius 1 is 1.07 bits per heavy atom. The summed E-state index contributed by atoms with van der Waals surface area (Å²) in [5.74, 6) is -0.717. The van der Waals surface area contributed by atoms with E-state index in [9.17, 15) is 14.4 Å². The molecule has 0 atom stereocenters. The minimum Gasteiger partial charge on any atom is -0.455 e. The highest BCUT2D eigenvalue weighted by Crippen LogP contribution is 2.29. The van der Waals surface area contributed by atoms with Crippen molar-refractivity contribution in [2.75, 3.05) is 29.1 Å². The van der Waals surface area contributed by atoms with Gasteiger partial charge in [-0.25, -0.2) is 0 Å². The van der Waals surface area contributed by atoms with Crippen molar-refractivity contribution < 1.29 is 19.1 Å². The minimum atomic E-state index is -0.456. The number of esters is 1. The maximum atomic E-state index is 12.1. The topological polar surface area (TPSA) is 75.7 Å². The molecule has 27 heavy (non-hydrogen) atoms. The number of nitrogens with zero attached hydrogens (tertiary/aromatic N) is 1. The zero-order valence-electron chi connectivity index (χ0n) is 14.7. The van der Waals surface area contributed by atoms with E-state index in [1.807, 2.05) is 36.4 Å². The number of benzene rings is 2. The molecule has 6 nitrogen and oxygen atoms in total. The summed E-state index contributed by atoms with van der Waals surface area (Å²) in [5.41, 5.74) is 1.20. The third-order valence-corrected chi connectivity index (χ3v) is 4.99. The maximum absolute atomic E-state index is 12.1. The van der Waals surface area contributed by atoms with Crippen LogP contribution in [0.4, 0.5) is 11.4 Å². The van der Waals surface area contributed by atoms with E-state index in [0.717, 1.165) is 11.3 Å². The largest absolute Gasteiger partial charge is 0.455 e. The van der Waals surface area contributed by atoms with Gasteiger partial charge in [0.2, 0.25) is 5.91 Å². The van der Waals surface area contributed by atoms with Gasteiger partial charge in [-0.3, -0.25) is 14.4 Å². The number of anilines is 2. The van der Waals surface area contributed by atoms with Gasteiger partial charge in [0, 0.05) is 17.9 Å². The molecule has 0 aliphatic carbocycles. The molecule has 1 aliphatic rings. The molecule has 1 N–H and O–H groups in total. The van der Waals surface area contributed by atoms with E-state index in [-0.39, 0.29) is 18.3 Å². The van der Waals surface area contributed by atoms with E-state index in [0.29, 0.717) is 24.3 Å². The van der Waals surface area contributed by atoms with Crippen LogP contribution in [0.1, 0.15) is 12.8 Å². The smallest absolute Gasteiger partial charge is 0.316 e. The number of carbonyl (C=O) groups is 3. The number of para-hydroxylation sites is 2. The summed E-state index contributed by atoms with van der Waals surface area (Å²) >= 11 is 1.35. The first-order valence-electron chi connectivity index (χ1n) is 8.66. The molecule has 0 radical (unpaired) electrons. The van der Waals surface area contributed by atoms with Crippen LogP contribution < -0.4 is 10.2 Å². The second-order valence-corrected chi connectivity index (χ2v) is 7.03. The number of hydrogen-bond donors (Lipinski definition) is 1. The summed E-state index contributed by atoms with van der Waals surface area (Å²) in [6.45, 7) is 0.272. The van der Waals surface area contributed by atoms with E-state index in [4.69, 9.17) is 4.74 Å². The molecule has 2 aromatic rings. The number of amides is 2. The summed E-state index contributed by atoms with van der Waals surface area (Å²) < 4.78 is 5.03. The van der Waals surface area contributed by atoms with Gasteiger partial charge in [0.1, 0.15) is 0 Å². The summed E-state index contributed by atoms with van der Waals surface area (Å²) in [6, 6.07) is 16.6. The van der Waals surface area contributed by atoms with Gasteiger partial charge in [0.05, 0.1) is 17.1 Å². The van der Waals surface area contributed by atoms with E-state index in [2.05, 4.69) is 5.32 Å². The Hall–Kier alpha value is -2.80.